The van der Waals surface area contributed by atoms with Gasteiger partial charge in [-0.1, -0.05) is 24.2 Å². The predicted molar refractivity (Wildman–Crippen MR) is 84.7 cm³/mol. The normalized spacial score (nSPS) is 14.6. The van der Waals surface area contributed by atoms with Gasteiger partial charge in [-0.15, -0.1) is 0 Å². The number of rotatable bonds is 6. The Morgan fingerprint density at radius 2 is 1.88 bits per heavy atom. The van der Waals surface area contributed by atoms with Gasteiger partial charge in [0.1, 0.15) is 5.75 Å². The minimum absolute atomic E-state index is 0.159. The van der Waals surface area contributed by atoms with Crippen LogP contribution < -0.4 is 9.64 Å². The largest absolute Gasteiger partial charge is 0.492 e. The van der Waals surface area contributed by atoms with E-state index < -0.39 is 17.8 Å². The van der Waals surface area contributed by atoms with Crippen molar-refractivity contribution in [3.8, 4) is 5.75 Å². The van der Waals surface area contributed by atoms with Crippen molar-refractivity contribution >= 4 is 23.5 Å². The highest BCUT2D eigenvalue weighted by Crippen LogP contribution is 2.32. The lowest BCUT2D eigenvalue weighted by Crippen LogP contribution is -2.33. The van der Waals surface area contributed by atoms with Gasteiger partial charge in [0.15, 0.2) is 5.82 Å². The first kappa shape index (κ1) is 16.6. The van der Waals surface area contributed by atoms with Crippen molar-refractivity contribution in [2.24, 2.45) is 0 Å². The molecule has 1 aliphatic heterocycles. The predicted octanol–water partition coefficient (Wildman–Crippen LogP) is 1.53. The number of nitrogens with zero attached hydrogens (tertiary/aromatic N) is 4. The van der Waals surface area contributed by atoms with Crippen LogP contribution in [0.15, 0.2) is 28.8 Å². The molecule has 3 rings (SSSR count). The lowest BCUT2D eigenvalue weighted by molar-refractivity contribution is -0.139. The van der Waals surface area contributed by atoms with Crippen molar-refractivity contribution in [1.82, 2.24) is 15.0 Å². The SMILES string of the molecule is CCOc1ccccc1N1C(=O)C(=O)N(Cc2noc(CC)n2)C1=O. The molecule has 0 N–H and O–H groups in total. The molecule has 2 aromatic rings. The monoisotopic (exact) mass is 344 g/mol. The van der Waals surface area contributed by atoms with Gasteiger partial charge in [-0.25, -0.2) is 14.6 Å². The second-order valence-corrected chi connectivity index (χ2v) is 5.17. The van der Waals surface area contributed by atoms with E-state index in [-0.39, 0.29) is 18.1 Å². The Kier molecular flexibility index (Phi) is 4.46. The molecule has 0 radical (unpaired) electrons. The van der Waals surface area contributed by atoms with Crippen molar-refractivity contribution in [2.75, 3.05) is 11.5 Å². The highest BCUT2D eigenvalue weighted by atomic mass is 16.5. The zero-order valence-electron chi connectivity index (χ0n) is 13.8. The van der Waals surface area contributed by atoms with Crippen LogP contribution in [-0.2, 0) is 22.6 Å². The van der Waals surface area contributed by atoms with Crippen LogP contribution in [0.4, 0.5) is 10.5 Å². The molecule has 1 aromatic carbocycles. The minimum Gasteiger partial charge on any atom is -0.492 e. The van der Waals surface area contributed by atoms with E-state index in [0.717, 1.165) is 9.80 Å². The number of anilines is 1. The molecule has 9 nitrogen and oxygen atoms in total. The fourth-order valence-corrected chi connectivity index (χ4v) is 2.42. The number of aryl methyl sites for hydroxylation is 1. The Morgan fingerprint density at radius 3 is 2.56 bits per heavy atom. The summed E-state index contributed by atoms with van der Waals surface area (Å²) in [6.45, 7) is 3.73. The summed E-state index contributed by atoms with van der Waals surface area (Å²) in [6.07, 6.45) is 0.529. The molecule has 0 saturated carbocycles. The van der Waals surface area contributed by atoms with Gasteiger partial charge in [0.2, 0.25) is 5.89 Å². The second kappa shape index (κ2) is 6.71. The standard InChI is InChI=1S/C16H16N4O5/c1-3-13-17-12(18-25-13)9-19-14(21)15(22)20(16(19)23)10-7-5-6-8-11(10)24-4-2/h5-8H,3-4,9H2,1-2H3. The zero-order chi connectivity index (χ0) is 18.0. The van der Waals surface area contributed by atoms with E-state index in [2.05, 4.69) is 10.1 Å². The molecule has 0 bridgehead atoms. The van der Waals surface area contributed by atoms with Gasteiger partial charge in [0.25, 0.3) is 0 Å². The third-order valence-electron chi connectivity index (χ3n) is 3.57. The zero-order valence-corrected chi connectivity index (χ0v) is 13.8. The van der Waals surface area contributed by atoms with E-state index in [9.17, 15) is 14.4 Å². The van der Waals surface area contributed by atoms with Gasteiger partial charge in [-0.05, 0) is 19.1 Å². The van der Waals surface area contributed by atoms with Crippen LogP contribution in [0.5, 0.6) is 5.75 Å². The van der Waals surface area contributed by atoms with Crippen molar-refractivity contribution in [1.29, 1.82) is 0 Å². The molecule has 9 heteroatoms. The van der Waals surface area contributed by atoms with Crippen LogP contribution in [0.25, 0.3) is 0 Å². The first-order chi connectivity index (χ1) is 12.1. The molecule has 1 aromatic heterocycles. The van der Waals surface area contributed by atoms with Gasteiger partial charge >= 0.3 is 17.8 Å². The summed E-state index contributed by atoms with van der Waals surface area (Å²) in [5.41, 5.74) is 0.220. The van der Waals surface area contributed by atoms with E-state index in [1.54, 1.807) is 31.2 Å². The summed E-state index contributed by atoms with van der Waals surface area (Å²) in [5, 5.41) is 3.70. The smallest absolute Gasteiger partial charge is 0.339 e. The number of ether oxygens (including phenoxy) is 1. The van der Waals surface area contributed by atoms with E-state index in [4.69, 9.17) is 9.26 Å². The van der Waals surface area contributed by atoms with E-state index in [1.165, 1.54) is 0 Å². The van der Waals surface area contributed by atoms with E-state index >= 15 is 0 Å². The van der Waals surface area contributed by atoms with Crippen LogP contribution >= 0.6 is 0 Å². The number of benzene rings is 1. The van der Waals surface area contributed by atoms with E-state index in [0.29, 0.717) is 24.7 Å². The Bertz CT molecular complexity index is 831. The van der Waals surface area contributed by atoms with Crippen molar-refractivity contribution in [2.45, 2.75) is 26.8 Å². The third kappa shape index (κ3) is 2.95. The average molecular weight is 344 g/mol. The molecule has 0 aliphatic carbocycles. The van der Waals surface area contributed by atoms with Crippen LogP contribution in [-0.4, -0.2) is 39.5 Å². The molecule has 130 valence electrons. The molecule has 4 amide bonds. The Labute approximate surface area is 143 Å². The highest BCUT2D eigenvalue weighted by Gasteiger charge is 2.46. The third-order valence-corrected chi connectivity index (χ3v) is 3.57. The van der Waals surface area contributed by atoms with Crippen molar-refractivity contribution in [3.05, 3.63) is 36.0 Å². The number of para-hydroxylation sites is 2. The fraction of sp³-hybridized carbons (Fsp3) is 0.312. The maximum Gasteiger partial charge on any atom is 0.339 e. The Hall–Kier alpha value is -3.23. The molecule has 2 heterocycles. The average Bonchev–Trinajstić information content (AvgIpc) is 3.15. The number of carbonyl (C=O) groups excluding carboxylic acids is 3. The first-order valence-electron chi connectivity index (χ1n) is 7.80. The molecule has 1 fully saturated rings. The summed E-state index contributed by atoms with van der Waals surface area (Å²) >= 11 is 0. The Morgan fingerprint density at radius 1 is 1.12 bits per heavy atom. The maximum atomic E-state index is 12.6. The van der Waals surface area contributed by atoms with Gasteiger partial charge in [0.05, 0.1) is 18.8 Å². The lowest BCUT2D eigenvalue weighted by Gasteiger charge is -2.17. The van der Waals surface area contributed by atoms with Crippen LogP contribution in [0.1, 0.15) is 25.6 Å². The number of hydrogen-bond acceptors (Lipinski definition) is 7. The number of aromatic nitrogens is 2. The van der Waals surface area contributed by atoms with Crippen LogP contribution in [0.3, 0.4) is 0 Å². The summed E-state index contributed by atoms with van der Waals surface area (Å²) in [5.74, 6) is -1.00. The van der Waals surface area contributed by atoms with Crippen molar-refractivity contribution < 1.29 is 23.6 Å². The first-order valence-corrected chi connectivity index (χ1v) is 7.80. The van der Waals surface area contributed by atoms with Gasteiger partial charge < -0.3 is 9.26 Å². The second-order valence-electron chi connectivity index (χ2n) is 5.17. The van der Waals surface area contributed by atoms with E-state index in [1.807, 2.05) is 6.92 Å². The number of amides is 4. The molecule has 1 aliphatic rings. The number of carbonyl (C=O) groups is 3. The molecule has 0 spiro atoms. The van der Waals surface area contributed by atoms with Crippen molar-refractivity contribution in [3.63, 3.8) is 0 Å². The molecule has 1 saturated heterocycles. The summed E-state index contributed by atoms with van der Waals surface area (Å²) in [4.78, 5) is 42.8. The van der Waals surface area contributed by atoms with Gasteiger partial charge in [0, 0.05) is 6.42 Å². The van der Waals surface area contributed by atoms with Crippen LogP contribution in [0.2, 0.25) is 0 Å². The fourth-order valence-electron chi connectivity index (χ4n) is 2.42. The Balaban J connectivity index is 1.89. The van der Waals surface area contributed by atoms with Gasteiger partial charge in [-0.3, -0.25) is 9.59 Å². The molecule has 0 atom stereocenters. The highest BCUT2D eigenvalue weighted by molar-refractivity contribution is 6.52. The lowest BCUT2D eigenvalue weighted by atomic mass is 10.2. The summed E-state index contributed by atoms with van der Waals surface area (Å²) in [7, 11) is 0. The van der Waals surface area contributed by atoms with Crippen LogP contribution in [0, 0.1) is 0 Å². The molecular formula is C16H16N4O5. The number of hydrogen-bond donors (Lipinski definition) is 0. The molecule has 0 unspecified atom stereocenters. The quantitative estimate of drug-likeness (QED) is 0.578. The molecule has 25 heavy (non-hydrogen) atoms. The van der Waals surface area contributed by atoms with Gasteiger partial charge in [-0.2, -0.15) is 4.98 Å². The minimum atomic E-state index is -0.948. The molecular weight excluding hydrogens is 328 g/mol. The summed E-state index contributed by atoms with van der Waals surface area (Å²) < 4.78 is 10.4. The number of urea groups is 1. The maximum absolute atomic E-state index is 12.6. The topological polar surface area (TPSA) is 106 Å². The number of imide groups is 2. The summed E-state index contributed by atoms with van der Waals surface area (Å²) in [6, 6.07) is 5.76.